The summed E-state index contributed by atoms with van der Waals surface area (Å²) in [4.78, 5) is 24.4. The highest BCUT2D eigenvalue weighted by molar-refractivity contribution is 7.80. The summed E-state index contributed by atoms with van der Waals surface area (Å²) in [7, 11) is 1.60. The number of likely N-dealkylation sites (N-methyl/N-ethyl adjacent to an activating group) is 1. The second-order valence-corrected chi connectivity index (χ2v) is 4.58. The molecule has 0 bridgehead atoms. The van der Waals surface area contributed by atoms with Gasteiger partial charge < -0.3 is 16.0 Å². The molecular weight excluding hydrogens is 226 g/mol. The van der Waals surface area contributed by atoms with Gasteiger partial charge in [-0.25, -0.2) is 0 Å². The van der Waals surface area contributed by atoms with Crippen molar-refractivity contribution >= 4 is 29.0 Å². The molecule has 0 atom stereocenters. The zero-order chi connectivity index (χ0) is 12.7. The van der Waals surface area contributed by atoms with Crippen molar-refractivity contribution in [2.75, 3.05) is 20.1 Å². The number of carbonyl (C=O) groups is 2. The Labute approximate surface area is 101 Å². The number of hydrogen-bond donors (Lipinski definition) is 2. The third-order valence-electron chi connectivity index (χ3n) is 2.01. The lowest BCUT2D eigenvalue weighted by Crippen LogP contribution is -2.44. The van der Waals surface area contributed by atoms with Crippen LogP contribution in [0.5, 0.6) is 0 Å². The Morgan fingerprint density at radius 3 is 2.44 bits per heavy atom. The molecule has 5 nitrogen and oxygen atoms in total. The van der Waals surface area contributed by atoms with Gasteiger partial charge in [0.1, 0.15) is 0 Å². The van der Waals surface area contributed by atoms with Gasteiger partial charge in [0.25, 0.3) is 0 Å². The molecule has 0 aliphatic rings. The Bertz CT molecular complexity index is 279. The minimum Gasteiger partial charge on any atom is -0.392 e. The van der Waals surface area contributed by atoms with Gasteiger partial charge in [-0.15, -0.1) is 0 Å². The van der Waals surface area contributed by atoms with Crippen LogP contribution in [-0.2, 0) is 9.59 Å². The first-order valence-electron chi connectivity index (χ1n) is 5.16. The highest BCUT2D eigenvalue weighted by Gasteiger charge is 2.17. The Morgan fingerprint density at radius 1 is 1.44 bits per heavy atom. The van der Waals surface area contributed by atoms with Crippen LogP contribution in [0.4, 0.5) is 0 Å². The van der Waals surface area contributed by atoms with Crippen LogP contribution in [0, 0.1) is 5.92 Å². The van der Waals surface area contributed by atoms with E-state index in [0.717, 1.165) is 6.42 Å². The van der Waals surface area contributed by atoms with E-state index in [2.05, 4.69) is 31.4 Å². The van der Waals surface area contributed by atoms with Gasteiger partial charge in [-0.3, -0.25) is 9.59 Å². The smallest absolute Gasteiger partial charge is 0.311 e. The summed E-state index contributed by atoms with van der Waals surface area (Å²) in [6.45, 7) is 4.74. The second-order valence-electron chi connectivity index (χ2n) is 4.06. The highest BCUT2D eigenvalue weighted by atomic mass is 32.1. The van der Waals surface area contributed by atoms with Gasteiger partial charge in [0.05, 0.1) is 11.5 Å². The normalized spacial score (nSPS) is 10.0. The van der Waals surface area contributed by atoms with E-state index in [4.69, 9.17) is 5.73 Å². The average molecular weight is 245 g/mol. The second kappa shape index (κ2) is 7.16. The molecule has 0 rings (SSSR count). The lowest BCUT2D eigenvalue weighted by molar-refractivity contribution is -0.144. The molecule has 0 aromatic heterocycles. The van der Waals surface area contributed by atoms with Crippen LogP contribution >= 0.6 is 12.2 Å². The summed E-state index contributed by atoms with van der Waals surface area (Å²) in [5.74, 6) is -0.731. The molecule has 0 unspecified atom stereocenters. The predicted octanol–water partition coefficient (Wildman–Crippen LogP) is -0.107. The molecular formula is C10H19N3O2S. The lowest BCUT2D eigenvalue weighted by Gasteiger charge is -2.17. The predicted molar refractivity (Wildman–Crippen MR) is 66.9 cm³/mol. The van der Waals surface area contributed by atoms with Gasteiger partial charge in [-0.2, -0.15) is 0 Å². The zero-order valence-corrected chi connectivity index (χ0v) is 10.8. The number of nitrogens with one attached hydrogen (secondary N) is 1. The van der Waals surface area contributed by atoms with Crippen LogP contribution in [0.25, 0.3) is 0 Å². The lowest BCUT2D eigenvalue weighted by atomic mass is 10.1. The van der Waals surface area contributed by atoms with E-state index < -0.39 is 11.8 Å². The number of hydrogen-bond acceptors (Lipinski definition) is 3. The van der Waals surface area contributed by atoms with Crippen LogP contribution in [0.3, 0.4) is 0 Å². The van der Waals surface area contributed by atoms with Crippen LogP contribution in [-0.4, -0.2) is 41.8 Å². The first kappa shape index (κ1) is 14.8. The van der Waals surface area contributed by atoms with Gasteiger partial charge in [0, 0.05) is 13.6 Å². The van der Waals surface area contributed by atoms with Crippen molar-refractivity contribution in [3.05, 3.63) is 0 Å². The number of nitrogens with two attached hydrogens (primary N) is 1. The van der Waals surface area contributed by atoms with Crippen molar-refractivity contribution < 1.29 is 9.59 Å². The number of carbonyl (C=O) groups excluding carboxylic acids is 2. The molecule has 0 heterocycles. The van der Waals surface area contributed by atoms with Crippen molar-refractivity contribution in [2.45, 2.75) is 20.3 Å². The van der Waals surface area contributed by atoms with Crippen molar-refractivity contribution in [2.24, 2.45) is 11.7 Å². The molecule has 0 spiro atoms. The van der Waals surface area contributed by atoms with Gasteiger partial charge in [-0.05, 0) is 12.3 Å². The third kappa shape index (κ3) is 6.34. The van der Waals surface area contributed by atoms with E-state index in [1.807, 2.05) is 0 Å². The van der Waals surface area contributed by atoms with Crippen molar-refractivity contribution in [1.29, 1.82) is 0 Å². The fourth-order valence-electron chi connectivity index (χ4n) is 0.970. The van der Waals surface area contributed by atoms with Crippen LogP contribution in [0.2, 0.25) is 0 Å². The molecule has 3 N–H and O–H groups in total. The number of nitrogens with zero attached hydrogens (tertiary/aromatic N) is 1. The monoisotopic (exact) mass is 245 g/mol. The molecule has 6 heteroatoms. The molecule has 0 saturated carbocycles. The zero-order valence-electron chi connectivity index (χ0n) is 9.95. The largest absolute Gasteiger partial charge is 0.392 e. The number of rotatable bonds is 5. The minimum atomic E-state index is -0.668. The van der Waals surface area contributed by atoms with Crippen LogP contribution in [0.15, 0.2) is 0 Å². The summed E-state index contributed by atoms with van der Waals surface area (Å²) in [5.41, 5.74) is 5.21. The quantitative estimate of drug-likeness (QED) is 0.523. The van der Waals surface area contributed by atoms with Gasteiger partial charge in [-0.1, -0.05) is 26.1 Å². The van der Waals surface area contributed by atoms with Crippen LogP contribution in [0.1, 0.15) is 20.3 Å². The van der Waals surface area contributed by atoms with E-state index in [1.54, 1.807) is 7.05 Å². The fourth-order valence-corrected chi connectivity index (χ4v) is 1.04. The maximum absolute atomic E-state index is 11.5. The maximum atomic E-state index is 11.5. The molecule has 0 aromatic carbocycles. The Hall–Kier alpha value is -1.17. The summed E-state index contributed by atoms with van der Waals surface area (Å²) < 4.78 is 0. The molecule has 0 saturated heterocycles. The van der Waals surface area contributed by atoms with E-state index in [1.165, 1.54) is 4.90 Å². The van der Waals surface area contributed by atoms with Crippen LogP contribution < -0.4 is 11.1 Å². The molecule has 16 heavy (non-hydrogen) atoms. The summed E-state index contributed by atoms with van der Waals surface area (Å²) in [5, 5.41) is 2.35. The number of amides is 2. The van der Waals surface area contributed by atoms with E-state index in [9.17, 15) is 9.59 Å². The van der Waals surface area contributed by atoms with E-state index in [0.29, 0.717) is 12.5 Å². The van der Waals surface area contributed by atoms with Crippen molar-refractivity contribution in [3.63, 3.8) is 0 Å². The molecule has 0 radical (unpaired) electrons. The first-order chi connectivity index (χ1) is 7.34. The highest BCUT2D eigenvalue weighted by Crippen LogP contribution is 2.00. The van der Waals surface area contributed by atoms with E-state index in [-0.39, 0.29) is 11.5 Å². The molecule has 0 aromatic rings. The van der Waals surface area contributed by atoms with Gasteiger partial charge >= 0.3 is 11.8 Å². The average Bonchev–Trinajstić information content (AvgIpc) is 2.21. The van der Waals surface area contributed by atoms with E-state index >= 15 is 0 Å². The summed E-state index contributed by atoms with van der Waals surface area (Å²) >= 11 is 4.59. The molecule has 0 aliphatic heterocycles. The number of thiocarbonyl (C=S) groups is 1. The maximum Gasteiger partial charge on any atom is 0.311 e. The van der Waals surface area contributed by atoms with Crippen molar-refractivity contribution in [1.82, 2.24) is 10.2 Å². The molecule has 0 fully saturated rings. The Morgan fingerprint density at radius 2 is 2.00 bits per heavy atom. The van der Waals surface area contributed by atoms with Gasteiger partial charge in [0.15, 0.2) is 0 Å². The first-order valence-corrected chi connectivity index (χ1v) is 5.57. The van der Waals surface area contributed by atoms with Gasteiger partial charge in [0.2, 0.25) is 0 Å². The Balaban J connectivity index is 4.01. The molecule has 2 amide bonds. The summed E-state index contributed by atoms with van der Waals surface area (Å²) in [6, 6.07) is 0. The molecule has 92 valence electrons. The summed E-state index contributed by atoms with van der Waals surface area (Å²) in [6.07, 6.45) is 0.866. The van der Waals surface area contributed by atoms with Crippen molar-refractivity contribution in [3.8, 4) is 0 Å². The Kier molecular flexibility index (Phi) is 6.64. The SMILES string of the molecule is CC(C)CCN(C)C(=O)C(=O)NCC(N)=S. The third-order valence-corrected chi connectivity index (χ3v) is 2.15. The molecule has 0 aliphatic carbocycles. The minimum absolute atomic E-state index is 0.0535. The topological polar surface area (TPSA) is 75.4 Å². The standard InChI is InChI=1S/C10H19N3O2S/c1-7(2)4-5-13(3)10(15)9(14)12-6-8(11)16/h7H,4-6H2,1-3H3,(H2,11,16)(H,12,14). The fraction of sp³-hybridized carbons (Fsp3) is 0.700.